The summed E-state index contributed by atoms with van der Waals surface area (Å²) >= 11 is 0. The summed E-state index contributed by atoms with van der Waals surface area (Å²) in [6.45, 7) is 4.15. The van der Waals surface area contributed by atoms with Crippen molar-refractivity contribution in [2.24, 2.45) is 0 Å². The van der Waals surface area contributed by atoms with E-state index in [-0.39, 0.29) is 0 Å². The van der Waals surface area contributed by atoms with Crippen molar-refractivity contribution in [2.75, 3.05) is 33.3 Å². The van der Waals surface area contributed by atoms with Gasteiger partial charge in [0.05, 0.1) is 33.6 Å². The summed E-state index contributed by atoms with van der Waals surface area (Å²) in [6.07, 6.45) is 2.20. The van der Waals surface area contributed by atoms with Gasteiger partial charge in [0, 0.05) is 35.1 Å². The van der Waals surface area contributed by atoms with E-state index in [1.54, 1.807) is 33.5 Å². The molecule has 2 aromatic heterocycles. The third-order valence-corrected chi connectivity index (χ3v) is 4.46. The van der Waals surface area contributed by atoms with Gasteiger partial charge in [-0.3, -0.25) is 0 Å². The number of nitrogens with one attached hydrogen (secondary N) is 1. The molecule has 0 bridgehead atoms. The second-order valence-corrected chi connectivity index (χ2v) is 6.55. The van der Waals surface area contributed by atoms with Crippen molar-refractivity contribution in [3.8, 4) is 17.2 Å². The molecule has 0 spiro atoms. The smallest absolute Gasteiger partial charge is 0.341 e. The highest BCUT2D eigenvalue weighted by molar-refractivity contribution is 6.05. The Morgan fingerprint density at radius 3 is 2.37 bits per heavy atom. The van der Waals surface area contributed by atoms with Crippen LogP contribution in [0.25, 0.3) is 11.0 Å². The largest absolute Gasteiger partial charge is 0.493 e. The van der Waals surface area contributed by atoms with Gasteiger partial charge in [0.1, 0.15) is 5.56 Å². The number of hydrogen-bond acceptors (Lipinski definition) is 8. The Kier molecular flexibility index (Phi) is 6.56. The molecule has 0 aliphatic heterocycles. The Labute approximate surface area is 175 Å². The van der Waals surface area contributed by atoms with Gasteiger partial charge in [-0.1, -0.05) is 6.92 Å². The maximum absolute atomic E-state index is 12.7. The molecule has 1 aromatic carbocycles. The predicted octanol–water partition coefficient (Wildman–Crippen LogP) is 4.27. The van der Waals surface area contributed by atoms with Crippen LogP contribution in [-0.4, -0.2) is 43.9 Å². The van der Waals surface area contributed by atoms with E-state index >= 15 is 0 Å². The molecule has 0 aliphatic rings. The van der Waals surface area contributed by atoms with Crippen molar-refractivity contribution in [1.29, 1.82) is 0 Å². The molecular formula is C22H25N3O5. The zero-order valence-corrected chi connectivity index (χ0v) is 17.7. The van der Waals surface area contributed by atoms with Crippen LogP contribution >= 0.6 is 0 Å². The Hall–Kier alpha value is -3.55. The highest BCUT2D eigenvalue weighted by Crippen LogP contribution is 2.41. The van der Waals surface area contributed by atoms with Crippen LogP contribution in [0.2, 0.25) is 0 Å². The number of ether oxygens (including phenoxy) is 4. The van der Waals surface area contributed by atoms with Crippen molar-refractivity contribution in [2.45, 2.75) is 20.3 Å². The Bertz CT molecular complexity index is 1040. The van der Waals surface area contributed by atoms with Gasteiger partial charge in [-0.05, 0) is 25.5 Å². The van der Waals surface area contributed by atoms with E-state index in [1.165, 1.54) is 6.20 Å². The maximum atomic E-state index is 12.7. The third-order valence-electron chi connectivity index (χ3n) is 4.46. The number of methoxy groups -OCH3 is 3. The zero-order valence-electron chi connectivity index (χ0n) is 17.7. The molecule has 3 rings (SSSR count). The number of benzene rings is 1. The van der Waals surface area contributed by atoms with E-state index in [0.29, 0.717) is 51.8 Å². The van der Waals surface area contributed by atoms with Crippen molar-refractivity contribution in [1.82, 2.24) is 9.97 Å². The number of carbonyl (C=O) groups excluding carboxylic acids is 1. The highest BCUT2D eigenvalue weighted by atomic mass is 16.5. The molecule has 158 valence electrons. The van der Waals surface area contributed by atoms with Crippen LogP contribution < -0.4 is 19.5 Å². The fraction of sp³-hybridized carbons (Fsp3) is 0.318. The van der Waals surface area contributed by atoms with E-state index in [2.05, 4.69) is 15.3 Å². The van der Waals surface area contributed by atoms with Crippen molar-refractivity contribution >= 4 is 28.4 Å². The second-order valence-electron chi connectivity index (χ2n) is 6.55. The average Bonchev–Trinajstić information content (AvgIpc) is 2.76. The molecule has 8 heteroatoms. The molecule has 0 amide bonds. The number of anilines is 2. The number of nitrogens with zero attached hydrogens (tertiary/aromatic N) is 2. The molecule has 0 unspecified atom stereocenters. The predicted molar refractivity (Wildman–Crippen MR) is 114 cm³/mol. The van der Waals surface area contributed by atoms with Crippen LogP contribution in [0.1, 0.15) is 29.4 Å². The monoisotopic (exact) mass is 411 g/mol. The molecule has 0 atom stereocenters. The van der Waals surface area contributed by atoms with Crippen LogP contribution in [-0.2, 0) is 4.74 Å². The lowest BCUT2D eigenvalue weighted by molar-refractivity contribution is 0.0506. The standard InChI is InChI=1S/C22H25N3O5/c1-6-9-30-22(26)16-12-23-21-15(8-7-13(2)24-21)19(16)25-14-10-17(27-3)20(29-5)18(11-14)28-4/h7-8,10-12H,6,9H2,1-5H3,(H,23,24,25). The summed E-state index contributed by atoms with van der Waals surface area (Å²) in [6, 6.07) is 7.26. The molecule has 8 nitrogen and oxygen atoms in total. The molecule has 0 saturated heterocycles. The Balaban J connectivity index is 2.15. The van der Waals surface area contributed by atoms with Crippen molar-refractivity contribution < 1.29 is 23.7 Å². The SMILES string of the molecule is CCCOC(=O)c1cnc2nc(C)ccc2c1Nc1cc(OC)c(OC)c(OC)c1. The minimum atomic E-state index is -0.457. The first-order valence-electron chi connectivity index (χ1n) is 9.52. The number of carbonyl (C=O) groups is 1. The minimum absolute atomic E-state index is 0.315. The lowest BCUT2D eigenvalue weighted by Crippen LogP contribution is -2.10. The summed E-state index contributed by atoms with van der Waals surface area (Å²) in [4.78, 5) is 21.5. The first kappa shape index (κ1) is 21.2. The summed E-state index contributed by atoms with van der Waals surface area (Å²) in [5.74, 6) is 0.996. The van der Waals surface area contributed by atoms with Crippen LogP contribution in [0.15, 0.2) is 30.5 Å². The topological polar surface area (TPSA) is 91.8 Å². The van der Waals surface area contributed by atoms with Crippen LogP contribution in [0.5, 0.6) is 17.2 Å². The number of esters is 1. The summed E-state index contributed by atoms with van der Waals surface area (Å²) in [7, 11) is 4.63. The van der Waals surface area contributed by atoms with Gasteiger partial charge in [0.15, 0.2) is 17.1 Å². The fourth-order valence-corrected chi connectivity index (χ4v) is 3.03. The number of aryl methyl sites for hydroxylation is 1. The average molecular weight is 411 g/mol. The quantitative estimate of drug-likeness (QED) is 0.549. The molecule has 0 saturated carbocycles. The highest BCUT2D eigenvalue weighted by Gasteiger charge is 2.20. The van der Waals surface area contributed by atoms with Gasteiger partial charge in [-0.2, -0.15) is 0 Å². The first-order valence-corrected chi connectivity index (χ1v) is 9.52. The minimum Gasteiger partial charge on any atom is -0.493 e. The van der Waals surface area contributed by atoms with E-state index in [0.717, 1.165) is 12.1 Å². The molecule has 3 aromatic rings. The zero-order chi connectivity index (χ0) is 21.7. The molecule has 0 aliphatic carbocycles. The van der Waals surface area contributed by atoms with Crippen molar-refractivity contribution in [3.05, 3.63) is 41.7 Å². The van der Waals surface area contributed by atoms with Crippen LogP contribution in [0.4, 0.5) is 11.4 Å². The molecule has 30 heavy (non-hydrogen) atoms. The lowest BCUT2D eigenvalue weighted by atomic mass is 10.1. The van der Waals surface area contributed by atoms with Gasteiger partial charge >= 0.3 is 5.97 Å². The molecule has 1 N–H and O–H groups in total. The molecule has 2 heterocycles. The molecule has 0 fully saturated rings. The number of aromatic nitrogens is 2. The summed E-state index contributed by atoms with van der Waals surface area (Å²) in [5.41, 5.74) is 2.85. The van der Waals surface area contributed by atoms with Gasteiger partial charge in [0.2, 0.25) is 5.75 Å². The maximum Gasteiger partial charge on any atom is 0.341 e. The van der Waals surface area contributed by atoms with E-state index in [1.807, 2.05) is 26.0 Å². The van der Waals surface area contributed by atoms with E-state index < -0.39 is 5.97 Å². The van der Waals surface area contributed by atoms with Gasteiger partial charge < -0.3 is 24.3 Å². The van der Waals surface area contributed by atoms with Gasteiger partial charge in [-0.25, -0.2) is 14.8 Å². The summed E-state index contributed by atoms with van der Waals surface area (Å²) in [5, 5.41) is 3.99. The van der Waals surface area contributed by atoms with E-state index in [9.17, 15) is 4.79 Å². The second kappa shape index (κ2) is 9.30. The van der Waals surface area contributed by atoms with Crippen molar-refractivity contribution in [3.63, 3.8) is 0 Å². The molecular weight excluding hydrogens is 386 g/mol. The lowest BCUT2D eigenvalue weighted by Gasteiger charge is -2.17. The van der Waals surface area contributed by atoms with Gasteiger partial charge in [-0.15, -0.1) is 0 Å². The van der Waals surface area contributed by atoms with Crippen LogP contribution in [0, 0.1) is 6.92 Å². The van der Waals surface area contributed by atoms with E-state index in [4.69, 9.17) is 18.9 Å². The Morgan fingerprint density at radius 2 is 1.77 bits per heavy atom. The Morgan fingerprint density at radius 1 is 1.07 bits per heavy atom. The first-order chi connectivity index (χ1) is 14.5. The van der Waals surface area contributed by atoms with Gasteiger partial charge in [0.25, 0.3) is 0 Å². The number of fused-ring (bicyclic) bond motifs is 1. The number of hydrogen-bond donors (Lipinski definition) is 1. The molecule has 0 radical (unpaired) electrons. The summed E-state index contributed by atoms with van der Waals surface area (Å²) < 4.78 is 21.6. The van der Waals surface area contributed by atoms with Crippen LogP contribution in [0.3, 0.4) is 0 Å². The normalized spacial score (nSPS) is 10.6. The third kappa shape index (κ3) is 4.22. The fourth-order valence-electron chi connectivity index (χ4n) is 3.03. The number of rotatable bonds is 8. The number of pyridine rings is 2.